The number of hydrogen-bond donors (Lipinski definition) is 1. The SMILES string of the molecule is Cn1cc(CNC23CC4CC(C)(CC(C)(C4)C2)C3)cn1. The average molecular weight is 273 g/mol. The lowest BCUT2D eigenvalue weighted by Crippen LogP contribution is -2.63. The zero-order chi connectivity index (χ0) is 14.0. The monoisotopic (exact) mass is 273 g/mol. The smallest absolute Gasteiger partial charge is 0.0534 e. The second-order valence-corrected chi connectivity index (χ2v) is 8.79. The maximum absolute atomic E-state index is 4.29. The van der Waals surface area contributed by atoms with E-state index in [9.17, 15) is 0 Å². The summed E-state index contributed by atoms with van der Waals surface area (Å²) >= 11 is 0. The van der Waals surface area contributed by atoms with Crippen LogP contribution in [0.5, 0.6) is 0 Å². The first-order chi connectivity index (χ1) is 9.38. The number of hydrogen-bond acceptors (Lipinski definition) is 2. The summed E-state index contributed by atoms with van der Waals surface area (Å²) in [5, 5.41) is 8.24. The summed E-state index contributed by atoms with van der Waals surface area (Å²) in [6, 6.07) is 0. The number of aromatic nitrogens is 2. The Bertz CT molecular complexity index is 514. The molecule has 0 amide bonds. The highest BCUT2D eigenvalue weighted by molar-refractivity contribution is 5.15. The minimum absolute atomic E-state index is 0.402. The van der Waals surface area contributed by atoms with Crippen molar-refractivity contribution in [3.8, 4) is 0 Å². The summed E-state index contributed by atoms with van der Waals surface area (Å²) < 4.78 is 1.90. The summed E-state index contributed by atoms with van der Waals surface area (Å²) in [6.07, 6.45) is 12.7. The third-order valence-corrected chi connectivity index (χ3v) is 6.05. The third kappa shape index (κ3) is 2.02. The van der Waals surface area contributed by atoms with Crippen molar-refractivity contribution in [2.45, 2.75) is 64.5 Å². The molecule has 0 aromatic carbocycles. The third-order valence-electron chi connectivity index (χ3n) is 6.05. The molecule has 4 fully saturated rings. The minimum atomic E-state index is 0.402. The van der Waals surface area contributed by atoms with Crippen LogP contribution in [0.3, 0.4) is 0 Å². The second kappa shape index (κ2) is 3.88. The molecule has 0 saturated heterocycles. The summed E-state index contributed by atoms with van der Waals surface area (Å²) in [4.78, 5) is 0. The van der Waals surface area contributed by atoms with Gasteiger partial charge >= 0.3 is 0 Å². The van der Waals surface area contributed by atoms with Gasteiger partial charge in [-0.25, -0.2) is 0 Å². The molecule has 1 aromatic rings. The Kier molecular flexibility index (Phi) is 2.50. The Morgan fingerprint density at radius 3 is 2.45 bits per heavy atom. The van der Waals surface area contributed by atoms with E-state index in [2.05, 4.69) is 30.5 Å². The molecule has 0 radical (unpaired) electrons. The molecule has 4 bridgehead atoms. The lowest BCUT2D eigenvalue weighted by atomic mass is 9.43. The van der Waals surface area contributed by atoms with Crippen LogP contribution in [0.15, 0.2) is 12.4 Å². The first kappa shape index (κ1) is 12.9. The molecule has 1 heterocycles. The van der Waals surface area contributed by atoms with Crippen LogP contribution in [0.4, 0.5) is 0 Å². The second-order valence-electron chi connectivity index (χ2n) is 8.79. The summed E-state index contributed by atoms with van der Waals surface area (Å²) in [5.74, 6) is 0.961. The molecule has 0 aliphatic heterocycles. The van der Waals surface area contributed by atoms with Gasteiger partial charge in [-0.2, -0.15) is 5.10 Å². The molecular weight excluding hydrogens is 246 g/mol. The van der Waals surface area contributed by atoms with Crippen LogP contribution < -0.4 is 5.32 Å². The average Bonchev–Trinajstić information content (AvgIpc) is 2.68. The summed E-state index contributed by atoms with van der Waals surface area (Å²) in [6.45, 7) is 6.05. The zero-order valence-corrected chi connectivity index (χ0v) is 13.1. The van der Waals surface area contributed by atoms with Crippen molar-refractivity contribution in [1.29, 1.82) is 0 Å². The molecule has 3 heteroatoms. The predicted octanol–water partition coefficient (Wildman–Crippen LogP) is 3.26. The van der Waals surface area contributed by atoms with Crippen LogP contribution >= 0.6 is 0 Å². The topological polar surface area (TPSA) is 29.9 Å². The largest absolute Gasteiger partial charge is 0.307 e. The standard InChI is InChI=1S/C17H27N3/c1-15-4-13-5-16(2,10-15)12-17(6-13,11-15)18-7-14-8-19-20(3)9-14/h8-9,13,18H,4-7,10-12H2,1-3H3. The molecule has 20 heavy (non-hydrogen) atoms. The van der Waals surface area contributed by atoms with E-state index in [4.69, 9.17) is 0 Å². The maximum atomic E-state index is 4.29. The van der Waals surface area contributed by atoms with E-state index in [0.29, 0.717) is 16.4 Å². The molecule has 3 nitrogen and oxygen atoms in total. The van der Waals surface area contributed by atoms with Gasteiger partial charge in [0.1, 0.15) is 0 Å². The van der Waals surface area contributed by atoms with Gasteiger partial charge in [0.15, 0.2) is 0 Å². The van der Waals surface area contributed by atoms with E-state index in [-0.39, 0.29) is 0 Å². The molecule has 1 N–H and O–H groups in total. The van der Waals surface area contributed by atoms with Gasteiger partial charge in [-0.1, -0.05) is 13.8 Å². The van der Waals surface area contributed by atoms with Crippen molar-refractivity contribution in [2.24, 2.45) is 23.8 Å². The summed E-state index contributed by atoms with van der Waals surface area (Å²) in [7, 11) is 2.00. The van der Waals surface area contributed by atoms with E-state index in [1.165, 1.54) is 44.1 Å². The van der Waals surface area contributed by atoms with Crippen LogP contribution in [-0.4, -0.2) is 15.3 Å². The van der Waals surface area contributed by atoms with Crippen molar-refractivity contribution in [3.05, 3.63) is 18.0 Å². The van der Waals surface area contributed by atoms with Gasteiger partial charge in [0.05, 0.1) is 6.20 Å². The van der Waals surface area contributed by atoms with Crippen LogP contribution in [-0.2, 0) is 13.6 Å². The lowest BCUT2D eigenvalue weighted by molar-refractivity contribution is -0.118. The molecule has 4 aliphatic rings. The summed E-state index contributed by atoms with van der Waals surface area (Å²) in [5.41, 5.74) is 2.91. The number of nitrogens with one attached hydrogen (secondary N) is 1. The molecule has 2 unspecified atom stereocenters. The Hall–Kier alpha value is -0.830. The lowest BCUT2D eigenvalue weighted by Gasteiger charge is -2.65. The molecule has 1 aromatic heterocycles. The highest BCUT2D eigenvalue weighted by Gasteiger charge is 2.59. The fourth-order valence-corrected chi connectivity index (χ4v) is 6.50. The van der Waals surface area contributed by atoms with E-state index in [1.54, 1.807) is 0 Å². The van der Waals surface area contributed by atoms with E-state index in [1.807, 2.05) is 17.9 Å². The van der Waals surface area contributed by atoms with Crippen LogP contribution in [0.25, 0.3) is 0 Å². The quantitative estimate of drug-likeness (QED) is 0.916. The van der Waals surface area contributed by atoms with E-state index in [0.717, 1.165) is 12.5 Å². The predicted molar refractivity (Wildman–Crippen MR) is 80.2 cm³/mol. The molecular formula is C17H27N3. The highest BCUT2D eigenvalue weighted by Crippen LogP contribution is 2.66. The Labute approximate surface area is 122 Å². The van der Waals surface area contributed by atoms with Crippen molar-refractivity contribution >= 4 is 0 Å². The fourth-order valence-electron chi connectivity index (χ4n) is 6.50. The van der Waals surface area contributed by atoms with Gasteiger partial charge < -0.3 is 5.32 Å². The molecule has 2 atom stereocenters. The number of aryl methyl sites for hydroxylation is 1. The van der Waals surface area contributed by atoms with Gasteiger partial charge in [-0.05, 0) is 55.3 Å². The number of nitrogens with zero attached hydrogens (tertiary/aromatic N) is 2. The van der Waals surface area contributed by atoms with Crippen LogP contribution in [0.2, 0.25) is 0 Å². The van der Waals surface area contributed by atoms with Crippen molar-refractivity contribution in [1.82, 2.24) is 15.1 Å². The van der Waals surface area contributed by atoms with Gasteiger partial charge in [0.25, 0.3) is 0 Å². The molecule has 110 valence electrons. The minimum Gasteiger partial charge on any atom is -0.307 e. The van der Waals surface area contributed by atoms with Gasteiger partial charge in [0, 0.05) is 30.9 Å². The molecule has 4 saturated carbocycles. The van der Waals surface area contributed by atoms with E-state index >= 15 is 0 Å². The Morgan fingerprint density at radius 1 is 1.20 bits per heavy atom. The van der Waals surface area contributed by atoms with Gasteiger partial charge in [0.2, 0.25) is 0 Å². The Balaban J connectivity index is 1.55. The van der Waals surface area contributed by atoms with Crippen LogP contribution in [0, 0.1) is 16.7 Å². The van der Waals surface area contributed by atoms with E-state index < -0.39 is 0 Å². The van der Waals surface area contributed by atoms with Crippen LogP contribution in [0.1, 0.15) is 57.9 Å². The van der Waals surface area contributed by atoms with Crippen molar-refractivity contribution < 1.29 is 0 Å². The van der Waals surface area contributed by atoms with Gasteiger partial charge in [-0.3, -0.25) is 4.68 Å². The first-order valence-corrected chi connectivity index (χ1v) is 8.10. The molecule has 5 rings (SSSR count). The first-order valence-electron chi connectivity index (χ1n) is 8.10. The highest BCUT2D eigenvalue weighted by atomic mass is 15.2. The normalized spacial score (nSPS) is 46.0. The maximum Gasteiger partial charge on any atom is 0.0534 e. The molecule has 0 spiro atoms. The number of rotatable bonds is 3. The zero-order valence-electron chi connectivity index (χ0n) is 13.1. The van der Waals surface area contributed by atoms with Crippen molar-refractivity contribution in [3.63, 3.8) is 0 Å². The molecule has 4 aliphatic carbocycles. The van der Waals surface area contributed by atoms with Gasteiger partial charge in [-0.15, -0.1) is 0 Å². The fraction of sp³-hybridized carbons (Fsp3) is 0.824. The van der Waals surface area contributed by atoms with Crippen molar-refractivity contribution in [2.75, 3.05) is 0 Å². The Morgan fingerprint density at radius 2 is 1.90 bits per heavy atom.